The van der Waals surface area contributed by atoms with Gasteiger partial charge in [0.15, 0.2) is 0 Å². The van der Waals surface area contributed by atoms with Gasteiger partial charge in [0.25, 0.3) is 0 Å². The van der Waals surface area contributed by atoms with Crippen molar-refractivity contribution in [2.75, 3.05) is 11.9 Å². The summed E-state index contributed by atoms with van der Waals surface area (Å²) in [5.41, 5.74) is 6.20. The minimum Gasteiger partial charge on any atom is -0.392 e. The van der Waals surface area contributed by atoms with E-state index in [0.29, 0.717) is 5.92 Å². The Labute approximate surface area is 146 Å². The van der Waals surface area contributed by atoms with Crippen molar-refractivity contribution in [3.05, 3.63) is 64.7 Å². The van der Waals surface area contributed by atoms with Crippen LogP contribution >= 0.6 is 0 Å². The minimum absolute atomic E-state index is 0.0914. The highest BCUT2D eigenvalue weighted by molar-refractivity contribution is 5.58. The number of benzene rings is 2. The van der Waals surface area contributed by atoms with E-state index in [9.17, 15) is 5.11 Å². The topological polar surface area (TPSA) is 32.3 Å². The molecule has 0 aromatic heterocycles. The van der Waals surface area contributed by atoms with Crippen LogP contribution in [0.15, 0.2) is 42.5 Å². The lowest BCUT2D eigenvalue weighted by atomic mass is 9.88. The van der Waals surface area contributed by atoms with Gasteiger partial charge in [0.2, 0.25) is 0 Å². The number of hydrogen-bond donors (Lipinski definition) is 2. The molecule has 2 atom stereocenters. The van der Waals surface area contributed by atoms with E-state index in [2.05, 4.69) is 64.2 Å². The molecule has 0 bridgehead atoms. The van der Waals surface area contributed by atoms with Crippen LogP contribution in [-0.2, 0) is 0 Å². The molecule has 0 amide bonds. The largest absolute Gasteiger partial charge is 0.392 e. The zero-order chi connectivity index (χ0) is 17.7. The summed E-state index contributed by atoms with van der Waals surface area (Å²) in [4.78, 5) is 0. The Bertz CT molecular complexity index is 625. The summed E-state index contributed by atoms with van der Waals surface area (Å²) in [6, 6.07) is 14.8. The van der Waals surface area contributed by atoms with Crippen LogP contribution in [0.2, 0.25) is 0 Å². The molecule has 2 unspecified atom stereocenters. The van der Waals surface area contributed by atoms with E-state index in [0.717, 1.165) is 13.0 Å². The van der Waals surface area contributed by atoms with Crippen LogP contribution in [0.25, 0.3) is 0 Å². The monoisotopic (exact) mass is 325 g/mol. The van der Waals surface area contributed by atoms with Gasteiger partial charge in [-0.15, -0.1) is 0 Å². The van der Waals surface area contributed by atoms with Crippen LogP contribution in [0.5, 0.6) is 0 Å². The first-order valence-electron chi connectivity index (χ1n) is 8.93. The van der Waals surface area contributed by atoms with Crippen molar-refractivity contribution in [3.63, 3.8) is 0 Å². The molecule has 2 aromatic rings. The summed E-state index contributed by atoms with van der Waals surface area (Å²) in [7, 11) is 0. The fraction of sp³-hybridized carbons (Fsp3) is 0.455. The second-order valence-electron chi connectivity index (χ2n) is 7.37. The number of anilines is 1. The quantitative estimate of drug-likeness (QED) is 0.732. The maximum Gasteiger partial charge on any atom is 0.0628 e. The number of aliphatic hydroxyl groups is 1. The molecule has 0 radical (unpaired) electrons. The summed E-state index contributed by atoms with van der Waals surface area (Å²) in [6.45, 7) is 11.5. The lowest BCUT2D eigenvalue weighted by Crippen LogP contribution is -2.27. The average Bonchev–Trinajstić information content (AvgIpc) is 2.50. The van der Waals surface area contributed by atoms with Crippen molar-refractivity contribution < 1.29 is 5.11 Å². The molecule has 130 valence electrons. The summed E-state index contributed by atoms with van der Waals surface area (Å²) in [5.74, 6) is 0.572. The Balaban J connectivity index is 2.20. The fourth-order valence-corrected chi connectivity index (χ4v) is 3.49. The molecule has 0 aliphatic heterocycles. The highest BCUT2D eigenvalue weighted by Gasteiger charge is 2.22. The van der Waals surface area contributed by atoms with Gasteiger partial charge in [0.05, 0.1) is 6.10 Å². The van der Waals surface area contributed by atoms with Crippen molar-refractivity contribution in [2.45, 2.75) is 53.1 Å². The lowest BCUT2D eigenvalue weighted by Gasteiger charge is -2.26. The van der Waals surface area contributed by atoms with Gasteiger partial charge >= 0.3 is 0 Å². The zero-order valence-corrected chi connectivity index (χ0v) is 15.6. The van der Waals surface area contributed by atoms with E-state index in [1.165, 1.54) is 27.9 Å². The lowest BCUT2D eigenvalue weighted by molar-refractivity contribution is 0.123. The maximum absolute atomic E-state index is 10.8. The first-order chi connectivity index (χ1) is 11.4. The summed E-state index contributed by atoms with van der Waals surface area (Å²) < 4.78 is 0. The molecule has 2 nitrogen and oxygen atoms in total. The van der Waals surface area contributed by atoms with Gasteiger partial charge < -0.3 is 10.4 Å². The number of rotatable bonds is 7. The van der Waals surface area contributed by atoms with Gasteiger partial charge in [-0.2, -0.15) is 0 Å². The molecule has 0 fully saturated rings. The highest BCUT2D eigenvalue weighted by Crippen LogP contribution is 2.27. The van der Waals surface area contributed by atoms with Crippen molar-refractivity contribution in [1.82, 2.24) is 0 Å². The Hall–Kier alpha value is -1.80. The van der Waals surface area contributed by atoms with Crippen molar-refractivity contribution in [1.29, 1.82) is 0 Å². The molecular weight excluding hydrogens is 294 g/mol. The van der Waals surface area contributed by atoms with E-state index < -0.39 is 0 Å². The minimum atomic E-state index is -0.342. The molecule has 0 saturated heterocycles. The Morgan fingerprint density at radius 3 is 2.08 bits per heavy atom. The van der Waals surface area contributed by atoms with Gasteiger partial charge in [-0.3, -0.25) is 0 Å². The molecule has 2 rings (SSSR count). The van der Waals surface area contributed by atoms with E-state index >= 15 is 0 Å². The summed E-state index contributed by atoms with van der Waals surface area (Å²) in [6.07, 6.45) is 0.471. The molecule has 0 aliphatic rings. The Morgan fingerprint density at radius 2 is 1.54 bits per heavy atom. The van der Waals surface area contributed by atoms with Crippen LogP contribution in [0.4, 0.5) is 5.69 Å². The third kappa shape index (κ3) is 4.85. The third-order valence-electron chi connectivity index (χ3n) is 4.58. The summed E-state index contributed by atoms with van der Waals surface area (Å²) >= 11 is 0. The summed E-state index contributed by atoms with van der Waals surface area (Å²) in [5, 5.41) is 14.4. The predicted octanol–water partition coefficient (Wildman–Crippen LogP) is 5.21. The van der Waals surface area contributed by atoms with Crippen LogP contribution < -0.4 is 5.32 Å². The van der Waals surface area contributed by atoms with Crippen LogP contribution in [0, 0.1) is 26.7 Å². The number of aliphatic hydroxyl groups excluding tert-OH is 1. The maximum atomic E-state index is 10.8. The number of nitrogens with one attached hydrogen (secondary N) is 1. The molecule has 24 heavy (non-hydrogen) atoms. The number of hydrogen-bond acceptors (Lipinski definition) is 2. The standard InChI is InChI=1S/C22H31NO/c1-15(2)11-21(24)20(19-9-7-6-8-10-19)14-23-22-17(4)12-16(3)13-18(22)5/h6-10,12-13,15,20-21,23-24H,11,14H2,1-5H3. The van der Waals surface area contributed by atoms with E-state index in [1.54, 1.807) is 0 Å². The molecule has 2 heteroatoms. The predicted molar refractivity (Wildman–Crippen MR) is 104 cm³/mol. The fourth-order valence-electron chi connectivity index (χ4n) is 3.49. The van der Waals surface area contributed by atoms with Crippen LogP contribution in [0.3, 0.4) is 0 Å². The molecule has 0 heterocycles. The first-order valence-corrected chi connectivity index (χ1v) is 8.93. The van der Waals surface area contributed by atoms with Crippen LogP contribution in [-0.4, -0.2) is 17.8 Å². The van der Waals surface area contributed by atoms with Gasteiger partial charge in [0, 0.05) is 18.2 Å². The van der Waals surface area contributed by atoms with Crippen molar-refractivity contribution >= 4 is 5.69 Å². The highest BCUT2D eigenvalue weighted by atomic mass is 16.3. The van der Waals surface area contributed by atoms with Crippen molar-refractivity contribution in [3.8, 4) is 0 Å². The Morgan fingerprint density at radius 1 is 0.958 bits per heavy atom. The van der Waals surface area contributed by atoms with E-state index in [1.807, 2.05) is 18.2 Å². The average molecular weight is 325 g/mol. The molecule has 2 N–H and O–H groups in total. The smallest absolute Gasteiger partial charge is 0.0628 e. The molecule has 0 aliphatic carbocycles. The second-order valence-corrected chi connectivity index (χ2v) is 7.37. The Kier molecular flexibility index (Phi) is 6.44. The number of aryl methyl sites for hydroxylation is 3. The third-order valence-corrected chi connectivity index (χ3v) is 4.58. The SMILES string of the molecule is Cc1cc(C)c(NCC(c2ccccc2)C(O)CC(C)C)c(C)c1. The van der Waals surface area contributed by atoms with Gasteiger partial charge in [-0.05, 0) is 49.8 Å². The zero-order valence-electron chi connectivity index (χ0n) is 15.6. The van der Waals surface area contributed by atoms with Crippen molar-refractivity contribution in [2.24, 2.45) is 5.92 Å². The first kappa shape index (κ1) is 18.5. The molecular formula is C22H31NO. The van der Waals surface area contributed by atoms with Gasteiger partial charge in [-0.1, -0.05) is 61.9 Å². The molecule has 0 spiro atoms. The molecule has 0 saturated carbocycles. The molecule has 2 aromatic carbocycles. The van der Waals surface area contributed by atoms with Gasteiger partial charge in [-0.25, -0.2) is 0 Å². The van der Waals surface area contributed by atoms with Crippen LogP contribution in [0.1, 0.15) is 48.4 Å². The van der Waals surface area contributed by atoms with E-state index in [-0.39, 0.29) is 12.0 Å². The van der Waals surface area contributed by atoms with Gasteiger partial charge in [0.1, 0.15) is 0 Å². The van der Waals surface area contributed by atoms with E-state index in [4.69, 9.17) is 0 Å². The second kappa shape index (κ2) is 8.34. The normalized spacial score (nSPS) is 13.8.